The average molecular weight is 400 g/mol. The van der Waals surface area contributed by atoms with Crippen LogP contribution in [-0.4, -0.2) is 44.9 Å². The molecule has 0 aliphatic heterocycles. The first-order valence-electron chi connectivity index (χ1n) is 10.2. The smallest absolute Gasteiger partial charge is 0.191 e. The van der Waals surface area contributed by atoms with Crippen molar-refractivity contribution >= 4 is 5.96 Å². The van der Waals surface area contributed by atoms with E-state index in [1.807, 2.05) is 24.3 Å². The van der Waals surface area contributed by atoms with Gasteiger partial charge >= 0.3 is 0 Å². The van der Waals surface area contributed by atoms with Crippen LogP contribution in [0.1, 0.15) is 30.9 Å². The lowest BCUT2D eigenvalue weighted by atomic mass is 10.1. The van der Waals surface area contributed by atoms with Gasteiger partial charge in [0.15, 0.2) is 17.5 Å². The first-order chi connectivity index (χ1) is 14.2. The van der Waals surface area contributed by atoms with Gasteiger partial charge in [-0.1, -0.05) is 24.3 Å². The van der Waals surface area contributed by atoms with E-state index in [2.05, 4.69) is 34.7 Å². The molecule has 2 aromatic rings. The molecule has 3 N–H and O–H groups in total. The summed E-state index contributed by atoms with van der Waals surface area (Å²) in [6.07, 6.45) is 3.84. The summed E-state index contributed by atoms with van der Waals surface area (Å²) >= 11 is 0. The number of para-hydroxylation sites is 1. The van der Waals surface area contributed by atoms with Crippen LogP contribution in [0.4, 0.5) is 0 Å². The third-order valence-corrected chi connectivity index (χ3v) is 4.64. The minimum absolute atomic E-state index is 0.206. The maximum atomic E-state index is 10.2. The highest BCUT2D eigenvalue weighted by Gasteiger charge is 2.07. The van der Waals surface area contributed by atoms with Crippen LogP contribution in [0.2, 0.25) is 0 Å². The van der Waals surface area contributed by atoms with Gasteiger partial charge in [-0.2, -0.15) is 0 Å². The van der Waals surface area contributed by atoms with Crippen molar-refractivity contribution in [2.75, 3.05) is 33.9 Å². The minimum atomic E-state index is 0.206. The summed E-state index contributed by atoms with van der Waals surface area (Å²) in [5.41, 5.74) is 2.17. The number of rotatable bonds is 11. The van der Waals surface area contributed by atoms with Crippen LogP contribution in [-0.2, 0) is 12.8 Å². The zero-order valence-corrected chi connectivity index (χ0v) is 17.7. The monoisotopic (exact) mass is 399 g/mol. The lowest BCUT2D eigenvalue weighted by molar-refractivity contribution is 0.370. The molecular formula is C23H33N3O3. The fourth-order valence-corrected chi connectivity index (χ4v) is 3.02. The SMILES string of the molecule is CCNC(=NCCCCc1ccc(OC)cc1)NCCc1cccc(OC)c1O. The molecule has 2 rings (SSSR count). The van der Waals surface area contributed by atoms with E-state index in [0.29, 0.717) is 18.7 Å². The molecule has 0 amide bonds. The van der Waals surface area contributed by atoms with Gasteiger partial charge in [0, 0.05) is 19.6 Å². The number of hydrogen-bond acceptors (Lipinski definition) is 4. The molecule has 0 aromatic heterocycles. The number of benzene rings is 2. The molecule has 0 saturated carbocycles. The number of guanidine groups is 1. The highest BCUT2D eigenvalue weighted by molar-refractivity contribution is 5.79. The Morgan fingerprint density at radius 3 is 2.45 bits per heavy atom. The molecule has 6 heteroatoms. The number of aryl methyl sites for hydroxylation is 1. The first-order valence-corrected chi connectivity index (χ1v) is 10.2. The van der Waals surface area contributed by atoms with Crippen molar-refractivity contribution in [2.24, 2.45) is 4.99 Å². The van der Waals surface area contributed by atoms with Gasteiger partial charge in [-0.25, -0.2) is 0 Å². The van der Waals surface area contributed by atoms with Crippen LogP contribution >= 0.6 is 0 Å². The maximum absolute atomic E-state index is 10.2. The van der Waals surface area contributed by atoms with Crippen LogP contribution in [0, 0.1) is 0 Å². The summed E-state index contributed by atoms with van der Waals surface area (Å²) < 4.78 is 10.3. The molecule has 29 heavy (non-hydrogen) atoms. The van der Waals surface area contributed by atoms with Crippen molar-refractivity contribution in [3.63, 3.8) is 0 Å². The Balaban J connectivity index is 1.74. The van der Waals surface area contributed by atoms with Gasteiger partial charge in [-0.3, -0.25) is 4.99 Å². The Hall–Kier alpha value is -2.89. The number of hydrogen-bond donors (Lipinski definition) is 3. The number of phenols is 1. The molecule has 0 spiro atoms. The molecule has 0 atom stereocenters. The molecule has 0 heterocycles. The second-order valence-corrected chi connectivity index (χ2v) is 6.71. The van der Waals surface area contributed by atoms with Gasteiger partial charge in [0.1, 0.15) is 5.75 Å². The molecule has 0 fully saturated rings. The van der Waals surface area contributed by atoms with E-state index in [-0.39, 0.29) is 5.75 Å². The summed E-state index contributed by atoms with van der Waals surface area (Å²) in [6.45, 7) is 4.31. The van der Waals surface area contributed by atoms with Gasteiger partial charge < -0.3 is 25.2 Å². The minimum Gasteiger partial charge on any atom is -0.504 e. The zero-order valence-electron chi connectivity index (χ0n) is 17.7. The molecule has 0 radical (unpaired) electrons. The van der Waals surface area contributed by atoms with E-state index in [1.165, 1.54) is 5.56 Å². The fourth-order valence-electron chi connectivity index (χ4n) is 3.02. The van der Waals surface area contributed by atoms with Crippen molar-refractivity contribution in [1.29, 1.82) is 0 Å². The molecule has 0 aliphatic carbocycles. The number of phenolic OH excluding ortho intramolecular Hbond substituents is 1. The van der Waals surface area contributed by atoms with Crippen molar-refractivity contribution in [1.82, 2.24) is 10.6 Å². The number of aromatic hydroxyl groups is 1. The first kappa shape index (κ1) is 22.4. The quantitative estimate of drug-likeness (QED) is 0.306. The van der Waals surface area contributed by atoms with Gasteiger partial charge in [0.05, 0.1) is 14.2 Å². The largest absolute Gasteiger partial charge is 0.504 e. The van der Waals surface area contributed by atoms with Crippen LogP contribution in [0.5, 0.6) is 17.2 Å². The van der Waals surface area contributed by atoms with Crippen LogP contribution in [0.15, 0.2) is 47.5 Å². The van der Waals surface area contributed by atoms with Gasteiger partial charge in [0.25, 0.3) is 0 Å². The summed E-state index contributed by atoms with van der Waals surface area (Å²) in [7, 11) is 3.24. The van der Waals surface area contributed by atoms with Crippen LogP contribution < -0.4 is 20.1 Å². The summed E-state index contributed by atoms with van der Waals surface area (Å²) in [5, 5.41) is 16.8. The number of ether oxygens (including phenoxy) is 2. The third-order valence-electron chi connectivity index (χ3n) is 4.64. The molecule has 6 nitrogen and oxygen atoms in total. The van der Waals surface area contributed by atoms with Crippen LogP contribution in [0.3, 0.4) is 0 Å². The number of aliphatic imine (C=N–C) groups is 1. The second kappa shape index (κ2) is 12.5. The second-order valence-electron chi connectivity index (χ2n) is 6.71. The molecule has 158 valence electrons. The summed E-state index contributed by atoms with van der Waals surface area (Å²) in [6, 6.07) is 13.8. The molecule has 0 aliphatic rings. The maximum Gasteiger partial charge on any atom is 0.191 e. The Morgan fingerprint density at radius 1 is 0.966 bits per heavy atom. The zero-order chi connectivity index (χ0) is 20.9. The Morgan fingerprint density at radius 2 is 1.76 bits per heavy atom. The fraction of sp³-hybridized carbons (Fsp3) is 0.435. The van der Waals surface area contributed by atoms with Crippen LogP contribution in [0.25, 0.3) is 0 Å². The van der Waals surface area contributed by atoms with Crippen molar-refractivity contribution in [3.05, 3.63) is 53.6 Å². The number of methoxy groups -OCH3 is 2. The van der Waals surface area contributed by atoms with Crippen molar-refractivity contribution < 1.29 is 14.6 Å². The highest BCUT2D eigenvalue weighted by atomic mass is 16.5. The number of unbranched alkanes of at least 4 members (excludes halogenated alkanes) is 1. The average Bonchev–Trinajstić information content (AvgIpc) is 2.75. The lowest BCUT2D eigenvalue weighted by Gasteiger charge is -2.13. The van der Waals surface area contributed by atoms with Gasteiger partial charge in [-0.15, -0.1) is 0 Å². The number of nitrogens with zero attached hydrogens (tertiary/aromatic N) is 1. The standard InChI is InChI=1S/C23H33N3O3/c1-4-24-23(26-17-15-19-9-7-10-21(29-3)22(19)27)25-16-6-5-8-18-11-13-20(28-2)14-12-18/h7,9-14,27H,4-6,8,15-17H2,1-3H3,(H2,24,25,26). The van der Waals surface area contributed by atoms with E-state index in [1.54, 1.807) is 20.3 Å². The Kier molecular flexibility index (Phi) is 9.69. The van der Waals surface area contributed by atoms with E-state index in [0.717, 1.165) is 49.6 Å². The van der Waals surface area contributed by atoms with Gasteiger partial charge in [-0.05, 0) is 61.9 Å². The molecule has 2 aromatic carbocycles. The van der Waals surface area contributed by atoms with Crippen molar-refractivity contribution in [2.45, 2.75) is 32.6 Å². The lowest BCUT2D eigenvalue weighted by Crippen LogP contribution is -2.38. The molecule has 0 saturated heterocycles. The predicted molar refractivity (Wildman–Crippen MR) is 118 cm³/mol. The van der Waals surface area contributed by atoms with Gasteiger partial charge in [0.2, 0.25) is 0 Å². The van der Waals surface area contributed by atoms with E-state index >= 15 is 0 Å². The Bertz CT molecular complexity index is 760. The third kappa shape index (κ3) is 7.56. The summed E-state index contributed by atoms with van der Waals surface area (Å²) in [4.78, 5) is 4.65. The summed E-state index contributed by atoms with van der Waals surface area (Å²) in [5.74, 6) is 2.40. The van der Waals surface area contributed by atoms with E-state index in [4.69, 9.17) is 9.47 Å². The molecule has 0 unspecified atom stereocenters. The highest BCUT2D eigenvalue weighted by Crippen LogP contribution is 2.29. The molecule has 0 bridgehead atoms. The molecular weight excluding hydrogens is 366 g/mol. The van der Waals surface area contributed by atoms with Crippen molar-refractivity contribution in [3.8, 4) is 17.2 Å². The van der Waals surface area contributed by atoms with E-state index < -0.39 is 0 Å². The predicted octanol–water partition coefficient (Wildman–Crippen LogP) is 3.53. The number of nitrogens with one attached hydrogen (secondary N) is 2. The Labute approximate surface area is 174 Å². The van der Waals surface area contributed by atoms with E-state index in [9.17, 15) is 5.11 Å². The topological polar surface area (TPSA) is 75.1 Å². The normalized spacial score (nSPS) is 11.2.